The zero-order chi connectivity index (χ0) is 24.6. The number of hydrogen-bond acceptors (Lipinski definition) is 4. The maximum atomic E-state index is 13.6. The first-order valence-electron chi connectivity index (χ1n) is 11.4. The molecule has 0 spiro atoms. The Kier molecular flexibility index (Phi) is 5.94. The fourth-order valence-electron chi connectivity index (χ4n) is 4.31. The fourth-order valence-corrected chi connectivity index (χ4v) is 5.77. The van der Waals surface area contributed by atoms with Crippen LogP contribution in [0.5, 0.6) is 5.75 Å². The molecule has 178 valence electrons. The van der Waals surface area contributed by atoms with Crippen molar-refractivity contribution in [2.45, 2.75) is 31.4 Å². The van der Waals surface area contributed by atoms with Gasteiger partial charge < -0.3 is 10.1 Å². The maximum Gasteiger partial charge on any atom is 0.264 e. The van der Waals surface area contributed by atoms with Gasteiger partial charge >= 0.3 is 0 Å². The Labute approximate surface area is 205 Å². The van der Waals surface area contributed by atoms with Gasteiger partial charge in [0.15, 0.2) is 6.10 Å². The molecular formula is C28H26N2O4S. The number of nitrogens with one attached hydrogen (secondary N) is 1. The Morgan fingerprint density at radius 2 is 1.66 bits per heavy atom. The molecule has 1 aliphatic heterocycles. The maximum absolute atomic E-state index is 13.6. The van der Waals surface area contributed by atoms with Crippen LogP contribution in [0.3, 0.4) is 0 Å². The van der Waals surface area contributed by atoms with Crippen molar-refractivity contribution in [3.63, 3.8) is 0 Å². The molecule has 1 atom stereocenters. The largest absolute Gasteiger partial charge is 0.476 e. The van der Waals surface area contributed by atoms with E-state index in [9.17, 15) is 13.2 Å². The zero-order valence-electron chi connectivity index (χ0n) is 19.6. The van der Waals surface area contributed by atoms with Crippen LogP contribution >= 0.6 is 0 Å². The highest BCUT2D eigenvalue weighted by Crippen LogP contribution is 2.37. The number of carbonyl (C=O) groups excluding carboxylic acids is 1. The first kappa shape index (κ1) is 22.9. The van der Waals surface area contributed by atoms with Crippen LogP contribution in [0.1, 0.15) is 16.7 Å². The molecule has 0 radical (unpaired) electrons. The van der Waals surface area contributed by atoms with Crippen LogP contribution in [0, 0.1) is 13.8 Å². The summed E-state index contributed by atoms with van der Waals surface area (Å²) >= 11 is 0. The molecule has 0 bridgehead atoms. The van der Waals surface area contributed by atoms with E-state index in [1.54, 1.807) is 36.4 Å². The molecule has 1 unspecified atom stereocenters. The molecule has 4 aromatic rings. The van der Waals surface area contributed by atoms with Gasteiger partial charge in [0, 0.05) is 6.54 Å². The third kappa shape index (κ3) is 4.47. The van der Waals surface area contributed by atoms with Gasteiger partial charge in [-0.15, -0.1) is 0 Å². The highest BCUT2D eigenvalue weighted by Gasteiger charge is 2.37. The lowest BCUT2D eigenvalue weighted by molar-refractivity contribution is -0.127. The third-order valence-electron chi connectivity index (χ3n) is 6.22. The molecule has 7 heteroatoms. The van der Waals surface area contributed by atoms with E-state index in [0.29, 0.717) is 18.0 Å². The summed E-state index contributed by atoms with van der Waals surface area (Å²) in [7, 11) is -3.90. The number of sulfonamides is 1. The van der Waals surface area contributed by atoms with Crippen LogP contribution in [0.2, 0.25) is 0 Å². The van der Waals surface area contributed by atoms with Gasteiger partial charge in [-0.3, -0.25) is 9.10 Å². The molecule has 5 rings (SSSR count). The van der Waals surface area contributed by atoms with Crippen LogP contribution in [-0.2, 0) is 21.4 Å². The number of ether oxygens (including phenoxy) is 1. The zero-order valence-corrected chi connectivity index (χ0v) is 20.4. The lowest BCUT2D eigenvalue weighted by Gasteiger charge is -2.35. The highest BCUT2D eigenvalue weighted by molar-refractivity contribution is 7.92. The number of anilines is 1. The summed E-state index contributed by atoms with van der Waals surface area (Å²) in [5, 5.41) is 5.09. The average Bonchev–Trinajstić information content (AvgIpc) is 2.86. The summed E-state index contributed by atoms with van der Waals surface area (Å²) < 4.78 is 34.5. The van der Waals surface area contributed by atoms with Crippen molar-refractivity contribution in [3.05, 3.63) is 102 Å². The Balaban J connectivity index is 1.43. The molecule has 0 aliphatic carbocycles. The van der Waals surface area contributed by atoms with Gasteiger partial charge in [-0.2, -0.15) is 0 Å². The average molecular weight is 487 g/mol. The number of carbonyl (C=O) groups is 1. The molecular weight excluding hydrogens is 460 g/mol. The van der Waals surface area contributed by atoms with Crippen molar-refractivity contribution < 1.29 is 17.9 Å². The second-order valence-electron chi connectivity index (χ2n) is 8.78. The fraction of sp³-hybridized carbons (Fsp3) is 0.179. The van der Waals surface area contributed by atoms with Crippen LogP contribution < -0.4 is 14.4 Å². The van der Waals surface area contributed by atoms with E-state index >= 15 is 0 Å². The van der Waals surface area contributed by atoms with Crippen molar-refractivity contribution in [2.24, 2.45) is 0 Å². The van der Waals surface area contributed by atoms with Crippen molar-refractivity contribution >= 4 is 32.4 Å². The smallest absolute Gasteiger partial charge is 0.264 e. The number of fused-ring (bicyclic) bond motifs is 2. The van der Waals surface area contributed by atoms with Crippen molar-refractivity contribution in [3.8, 4) is 5.75 Å². The Bertz CT molecular complexity index is 1510. The minimum atomic E-state index is -3.90. The second kappa shape index (κ2) is 9.07. The van der Waals surface area contributed by atoms with Gasteiger partial charge in [0.2, 0.25) is 0 Å². The van der Waals surface area contributed by atoms with Gasteiger partial charge in [0.1, 0.15) is 5.75 Å². The molecule has 0 saturated heterocycles. The molecule has 0 saturated carbocycles. The third-order valence-corrected chi connectivity index (χ3v) is 8.01. The molecule has 1 amide bonds. The Morgan fingerprint density at radius 1 is 0.943 bits per heavy atom. The number of benzene rings is 4. The minimum absolute atomic E-state index is 0.117. The van der Waals surface area contributed by atoms with Crippen LogP contribution in [0.15, 0.2) is 89.8 Å². The van der Waals surface area contributed by atoms with Gasteiger partial charge in [-0.1, -0.05) is 66.2 Å². The van der Waals surface area contributed by atoms with Crippen LogP contribution in [0.25, 0.3) is 10.8 Å². The molecule has 1 N–H and O–H groups in total. The summed E-state index contributed by atoms with van der Waals surface area (Å²) in [6, 6.07) is 26.0. The van der Waals surface area contributed by atoms with Gasteiger partial charge in [0.25, 0.3) is 15.9 Å². The molecule has 4 aromatic carbocycles. The lowest BCUT2D eigenvalue weighted by atomic mass is 10.0. The SMILES string of the molecule is Cc1ccc(S(=O)(=O)N2CC(C(=O)NCc3cccc4ccccc34)Oc3ccc(C)cc32)cc1. The predicted molar refractivity (Wildman–Crippen MR) is 137 cm³/mol. The standard InChI is InChI=1S/C28H26N2O4S/c1-19-10-13-23(14-11-19)35(32,33)30-18-27(34-26-15-12-20(2)16-25(26)30)28(31)29-17-22-8-5-7-21-6-3-4-9-24(21)22/h3-16,27H,17-18H2,1-2H3,(H,29,31). The van der Waals surface area contributed by atoms with Gasteiger partial charge in [0.05, 0.1) is 17.1 Å². The summed E-state index contributed by atoms with van der Waals surface area (Å²) in [5.41, 5.74) is 3.28. The van der Waals surface area contributed by atoms with E-state index in [4.69, 9.17) is 4.74 Å². The van der Waals surface area contributed by atoms with E-state index < -0.39 is 16.1 Å². The predicted octanol–water partition coefficient (Wildman–Crippen LogP) is 4.73. The summed E-state index contributed by atoms with van der Waals surface area (Å²) in [6.07, 6.45) is -0.986. The number of nitrogens with zero attached hydrogens (tertiary/aromatic N) is 1. The van der Waals surface area contributed by atoms with Crippen molar-refractivity contribution in [1.29, 1.82) is 0 Å². The molecule has 6 nitrogen and oxygen atoms in total. The van der Waals surface area contributed by atoms with Crippen molar-refractivity contribution in [1.82, 2.24) is 5.32 Å². The number of hydrogen-bond donors (Lipinski definition) is 1. The molecule has 0 fully saturated rings. The first-order valence-corrected chi connectivity index (χ1v) is 12.9. The normalized spacial score (nSPS) is 15.4. The van der Waals surface area contributed by atoms with Crippen LogP contribution in [0.4, 0.5) is 5.69 Å². The highest BCUT2D eigenvalue weighted by atomic mass is 32.2. The minimum Gasteiger partial charge on any atom is -0.476 e. The molecule has 0 aromatic heterocycles. The van der Waals surface area contributed by atoms with E-state index in [1.165, 1.54) is 4.31 Å². The monoisotopic (exact) mass is 486 g/mol. The number of aryl methyl sites for hydroxylation is 2. The summed E-state index contributed by atoms with van der Waals surface area (Å²) in [5.74, 6) is -0.00360. The topological polar surface area (TPSA) is 75.7 Å². The van der Waals surface area contributed by atoms with Gasteiger partial charge in [-0.05, 0) is 60.0 Å². The van der Waals surface area contributed by atoms with E-state index in [-0.39, 0.29) is 17.3 Å². The summed E-state index contributed by atoms with van der Waals surface area (Å²) in [4.78, 5) is 13.4. The first-order chi connectivity index (χ1) is 16.8. The van der Waals surface area contributed by atoms with E-state index in [2.05, 4.69) is 5.32 Å². The Hall–Kier alpha value is -3.84. The number of rotatable bonds is 5. The lowest BCUT2D eigenvalue weighted by Crippen LogP contribution is -2.50. The molecule has 1 heterocycles. The van der Waals surface area contributed by atoms with E-state index in [1.807, 2.05) is 62.4 Å². The number of amides is 1. The van der Waals surface area contributed by atoms with Crippen LogP contribution in [-0.4, -0.2) is 27.0 Å². The summed E-state index contributed by atoms with van der Waals surface area (Å²) in [6.45, 7) is 3.99. The Morgan fingerprint density at radius 3 is 2.46 bits per heavy atom. The van der Waals surface area contributed by atoms with Crippen molar-refractivity contribution in [2.75, 3.05) is 10.8 Å². The quantitative estimate of drug-likeness (QED) is 0.443. The molecule has 1 aliphatic rings. The second-order valence-corrected chi connectivity index (χ2v) is 10.6. The molecule has 35 heavy (non-hydrogen) atoms. The van der Waals surface area contributed by atoms with E-state index in [0.717, 1.165) is 27.5 Å². The van der Waals surface area contributed by atoms with Gasteiger partial charge in [-0.25, -0.2) is 8.42 Å².